The van der Waals surface area contributed by atoms with Gasteiger partial charge in [-0.1, -0.05) is 26.7 Å². The van der Waals surface area contributed by atoms with Crippen LogP contribution in [0.3, 0.4) is 0 Å². The van der Waals surface area contributed by atoms with Crippen molar-refractivity contribution in [2.75, 3.05) is 7.11 Å². The molecule has 92 valence electrons. The van der Waals surface area contributed by atoms with Gasteiger partial charge in [-0.2, -0.15) is 0 Å². The Morgan fingerprint density at radius 2 is 2.19 bits per heavy atom. The highest BCUT2D eigenvalue weighted by Gasteiger charge is 2.55. The van der Waals surface area contributed by atoms with Crippen LogP contribution in [-0.2, 0) is 19.0 Å². The predicted octanol–water partition coefficient (Wildman–Crippen LogP) is 1.73. The summed E-state index contributed by atoms with van der Waals surface area (Å²) in [5.41, 5.74) is 0. The summed E-state index contributed by atoms with van der Waals surface area (Å²) >= 11 is 0. The summed E-state index contributed by atoms with van der Waals surface area (Å²) in [4.78, 5) is 11.5. The monoisotopic (exact) mass is 228 g/mol. The Labute approximate surface area is 96.2 Å². The van der Waals surface area contributed by atoms with Crippen LogP contribution in [-0.4, -0.2) is 31.6 Å². The van der Waals surface area contributed by atoms with Crippen LogP contribution in [0.25, 0.3) is 0 Å². The van der Waals surface area contributed by atoms with Gasteiger partial charge in [-0.15, -0.1) is 0 Å². The lowest BCUT2D eigenvalue weighted by Crippen LogP contribution is -2.27. The van der Waals surface area contributed by atoms with Crippen molar-refractivity contribution < 1.29 is 19.0 Å². The lowest BCUT2D eigenvalue weighted by molar-refractivity contribution is -0.162. The first-order valence-corrected chi connectivity index (χ1v) is 6.07. The number of hydrogen-bond acceptors (Lipinski definition) is 4. The van der Waals surface area contributed by atoms with Gasteiger partial charge in [-0.3, -0.25) is 4.79 Å². The fraction of sp³-hybridized carbons (Fsp3) is 0.917. The average molecular weight is 228 g/mol. The third-order valence-corrected chi connectivity index (χ3v) is 3.64. The maximum atomic E-state index is 11.5. The summed E-state index contributed by atoms with van der Waals surface area (Å²) in [5, 5.41) is 0. The van der Waals surface area contributed by atoms with Crippen molar-refractivity contribution in [2.24, 2.45) is 11.8 Å². The van der Waals surface area contributed by atoms with Crippen molar-refractivity contribution in [1.82, 2.24) is 0 Å². The van der Waals surface area contributed by atoms with Gasteiger partial charge >= 0.3 is 5.97 Å². The van der Waals surface area contributed by atoms with Crippen molar-refractivity contribution in [2.45, 2.75) is 51.6 Å². The minimum atomic E-state index is -0.284. The van der Waals surface area contributed by atoms with E-state index in [1.165, 1.54) is 0 Å². The molecule has 0 saturated carbocycles. The normalized spacial score (nSPS) is 42.2. The molecule has 4 heteroatoms. The quantitative estimate of drug-likeness (QED) is 0.687. The molecule has 0 spiro atoms. The van der Waals surface area contributed by atoms with Gasteiger partial charge in [0.05, 0.1) is 17.9 Å². The summed E-state index contributed by atoms with van der Waals surface area (Å²) in [6.45, 7) is 4.04. The highest BCUT2D eigenvalue weighted by atomic mass is 16.7. The SMILES string of the molecule is CCCC[C@H]1O[C@H](OC)[C@@H]2[C@H]1OC(=O)[C@H]2C. The van der Waals surface area contributed by atoms with E-state index in [1.54, 1.807) is 7.11 Å². The number of esters is 1. The smallest absolute Gasteiger partial charge is 0.309 e. The first-order valence-electron chi connectivity index (χ1n) is 6.07. The Kier molecular flexibility index (Phi) is 3.50. The third kappa shape index (κ3) is 1.84. The molecule has 0 aromatic rings. The summed E-state index contributed by atoms with van der Waals surface area (Å²) in [7, 11) is 1.62. The number of carbonyl (C=O) groups is 1. The summed E-state index contributed by atoms with van der Waals surface area (Å²) in [6.07, 6.45) is 2.79. The molecular weight excluding hydrogens is 208 g/mol. The Morgan fingerprint density at radius 1 is 1.44 bits per heavy atom. The first kappa shape index (κ1) is 11.9. The molecule has 0 amide bonds. The Hall–Kier alpha value is -0.610. The standard InChI is InChI=1S/C12H20O4/c1-4-5-6-8-10-9(12(14-3)15-8)7(2)11(13)16-10/h7-10,12H,4-6H2,1-3H3/t7-,8+,9-,10-,12-/m0/s1. The second kappa shape index (κ2) is 4.72. The summed E-state index contributed by atoms with van der Waals surface area (Å²) < 4.78 is 16.5. The van der Waals surface area contributed by atoms with Gasteiger partial charge in [0.2, 0.25) is 0 Å². The number of methoxy groups -OCH3 is 1. The molecule has 0 aromatic carbocycles. The lowest BCUT2D eigenvalue weighted by atomic mass is 9.90. The Morgan fingerprint density at radius 3 is 2.81 bits per heavy atom. The zero-order chi connectivity index (χ0) is 11.7. The summed E-state index contributed by atoms with van der Waals surface area (Å²) in [5.74, 6) is -0.150. The van der Waals surface area contributed by atoms with Gasteiger partial charge in [0.15, 0.2) is 6.29 Å². The van der Waals surface area contributed by atoms with Crippen LogP contribution in [0.4, 0.5) is 0 Å². The van der Waals surface area contributed by atoms with Crippen molar-refractivity contribution in [1.29, 1.82) is 0 Å². The van der Waals surface area contributed by atoms with Gasteiger partial charge in [-0.25, -0.2) is 0 Å². The van der Waals surface area contributed by atoms with E-state index in [9.17, 15) is 4.79 Å². The number of hydrogen-bond donors (Lipinski definition) is 0. The van der Waals surface area contributed by atoms with E-state index in [-0.39, 0.29) is 36.3 Å². The molecule has 2 fully saturated rings. The van der Waals surface area contributed by atoms with Crippen molar-refractivity contribution in [3.63, 3.8) is 0 Å². The van der Waals surface area contributed by atoms with Crippen LogP contribution in [0, 0.1) is 11.8 Å². The van der Waals surface area contributed by atoms with E-state index >= 15 is 0 Å². The zero-order valence-corrected chi connectivity index (χ0v) is 10.1. The van der Waals surface area contributed by atoms with Crippen molar-refractivity contribution in [3.05, 3.63) is 0 Å². The Bertz CT molecular complexity index is 266. The van der Waals surface area contributed by atoms with Crippen LogP contribution in [0.15, 0.2) is 0 Å². The molecule has 0 bridgehead atoms. The van der Waals surface area contributed by atoms with Crippen LogP contribution in [0.2, 0.25) is 0 Å². The average Bonchev–Trinajstić information content (AvgIpc) is 2.76. The number of unbranched alkanes of at least 4 members (excludes halogenated alkanes) is 1. The van der Waals surface area contributed by atoms with Gasteiger partial charge in [-0.05, 0) is 6.42 Å². The molecule has 0 aromatic heterocycles. The molecule has 16 heavy (non-hydrogen) atoms. The molecule has 2 heterocycles. The van der Waals surface area contributed by atoms with Gasteiger partial charge < -0.3 is 14.2 Å². The van der Waals surface area contributed by atoms with Crippen LogP contribution in [0.5, 0.6) is 0 Å². The molecular formula is C12H20O4. The number of rotatable bonds is 4. The van der Waals surface area contributed by atoms with Gasteiger partial charge in [0.1, 0.15) is 6.10 Å². The molecule has 2 saturated heterocycles. The van der Waals surface area contributed by atoms with E-state index in [0.29, 0.717) is 0 Å². The molecule has 4 nitrogen and oxygen atoms in total. The van der Waals surface area contributed by atoms with E-state index in [2.05, 4.69) is 6.92 Å². The minimum Gasteiger partial charge on any atom is -0.459 e. The molecule has 2 aliphatic rings. The van der Waals surface area contributed by atoms with E-state index in [4.69, 9.17) is 14.2 Å². The van der Waals surface area contributed by atoms with E-state index in [1.807, 2.05) is 6.92 Å². The minimum absolute atomic E-state index is 0.0174. The molecule has 0 unspecified atom stereocenters. The van der Waals surface area contributed by atoms with Crippen molar-refractivity contribution in [3.8, 4) is 0 Å². The molecule has 0 N–H and O–H groups in total. The number of carbonyl (C=O) groups excluding carboxylic acids is 1. The second-order valence-electron chi connectivity index (χ2n) is 4.69. The number of fused-ring (bicyclic) bond motifs is 1. The van der Waals surface area contributed by atoms with Crippen LogP contribution in [0.1, 0.15) is 33.1 Å². The summed E-state index contributed by atoms with van der Waals surface area (Å²) in [6, 6.07) is 0. The number of ether oxygens (including phenoxy) is 3. The third-order valence-electron chi connectivity index (χ3n) is 3.64. The molecule has 2 rings (SSSR count). The fourth-order valence-electron chi connectivity index (χ4n) is 2.67. The molecule has 0 radical (unpaired) electrons. The van der Waals surface area contributed by atoms with Crippen LogP contribution < -0.4 is 0 Å². The molecule has 5 atom stereocenters. The van der Waals surface area contributed by atoms with Crippen LogP contribution >= 0.6 is 0 Å². The van der Waals surface area contributed by atoms with Gasteiger partial charge in [0, 0.05) is 7.11 Å². The Balaban J connectivity index is 2.06. The molecule has 2 aliphatic heterocycles. The maximum Gasteiger partial charge on any atom is 0.309 e. The van der Waals surface area contributed by atoms with E-state index in [0.717, 1.165) is 19.3 Å². The second-order valence-corrected chi connectivity index (χ2v) is 4.69. The topological polar surface area (TPSA) is 44.8 Å². The maximum absolute atomic E-state index is 11.5. The predicted molar refractivity (Wildman–Crippen MR) is 57.7 cm³/mol. The fourth-order valence-corrected chi connectivity index (χ4v) is 2.67. The van der Waals surface area contributed by atoms with Gasteiger partial charge in [0.25, 0.3) is 0 Å². The highest BCUT2D eigenvalue weighted by Crippen LogP contribution is 2.42. The molecule has 0 aliphatic carbocycles. The van der Waals surface area contributed by atoms with E-state index < -0.39 is 0 Å². The largest absolute Gasteiger partial charge is 0.459 e. The lowest BCUT2D eigenvalue weighted by Gasteiger charge is -2.16. The highest BCUT2D eigenvalue weighted by molar-refractivity contribution is 5.75. The van der Waals surface area contributed by atoms with Crippen molar-refractivity contribution >= 4 is 5.97 Å². The first-order chi connectivity index (χ1) is 7.69. The zero-order valence-electron chi connectivity index (χ0n) is 10.1.